The maximum absolute atomic E-state index is 12.7. The van der Waals surface area contributed by atoms with Gasteiger partial charge >= 0.3 is 0 Å². The smallest absolute Gasteiger partial charge is 0.255 e. The van der Waals surface area contributed by atoms with Gasteiger partial charge in [0, 0.05) is 25.3 Å². The van der Waals surface area contributed by atoms with Crippen LogP contribution in [0, 0.1) is 0 Å². The van der Waals surface area contributed by atoms with E-state index in [1.165, 1.54) is 24.0 Å². The van der Waals surface area contributed by atoms with Crippen LogP contribution in [0.4, 0.5) is 5.69 Å². The Labute approximate surface area is 198 Å². The average Bonchev–Trinajstić information content (AvgIpc) is 2.84. The maximum atomic E-state index is 12.7. The minimum absolute atomic E-state index is 0.142. The van der Waals surface area contributed by atoms with Crippen molar-refractivity contribution in [3.8, 4) is 11.5 Å². The van der Waals surface area contributed by atoms with Gasteiger partial charge in [-0.15, -0.1) is 0 Å². The van der Waals surface area contributed by atoms with Crippen LogP contribution in [0.1, 0.15) is 22.0 Å². The van der Waals surface area contributed by atoms with Crippen LogP contribution in [-0.4, -0.2) is 86.7 Å². The first-order valence-corrected chi connectivity index (χ1v) is 10.6. The molecule has 10 heteroatoms. The fraction of sp³-hybridized carbons (Fsp3) is 0.375. The number of anilines is 1. The lowest BCUT2D eigenvalue weighted by Crippen LogP contribution is -2.55. The number of methoxy groups -OCH3 is 2. The molecule has 3 amide bonds. The summed E-state index contributed by atoms with van der Waals surface area (Å²) in [6, 6.07) is 11.1. The summed E-state index contributed by atoms with van der Waals surface area (Å²) in [6.07, 6.45) is -0.617. The molecule has 1 fully saturated rings. The first-order valence-electron chi connectivity index (χ1n) is 10.6. The molecule has 10 nitrogen and oxygen atoms in total. The van der Waals surface area contributed by atoms with Crippen LogP contribution >= 0.6 is 0 Å². The normalized spacial score (nSPS) is 17.8. The fourth-order valence-electron chi connectivity index (χ4n) is 3.65. The lowest BCUT2D eigenvalue weighted by molar-refractivity contribution is -0.164. The summed E-state index contributed by atoms with van der Waals surface area (Å²) in [6.45, 7) is -0.703. The number of hydrogen-bond acceptors (Lipinski definition) is 7. The third kappa shape index (κ3) is 5.46. The number of morpholine rings is 1. The van der Waals surface area contributed by atoms with E-state index in [1.54, 1.807) is 56.6 Å². The van der Waals surface area contributed by atoms with E-state index in [4.69, 9.17) is 14.2 Å². The van der Waals surface area contributed by atoms with Gasteiger partial charge in [-0.2, -0.15) is 0 Å². The summed E-state index contributed by atoms with van der Waals surface area (Å²) >= 11 is 0. The highest BCUT2D eigenvalue weighted by molar-refractivity contribution is 6.04. The molecule has 1 aliphatic rings. The minimum atomic E-state index is -0.711. The zero-order valence-corrected chi connectivity index (χ0v) is 19.6. The van der Waals surface area contributed by atoms with E-state index in [9.17, 15) is 19.5 Å². The highest BCUT2D eigenvalue weighted by Crippen LogP contribution is 2.31. The van der Waals surface area contributed by atoms with Gasteiger partial charge in [0.2, 0.25) is 11.8 Å². The van der Waals surface area contributed by atoms with Crippen molar-refractivity contribution in [2.45, 2.75) is 12.1 Å². The standard InChI is InChI=1S/C24H29N3O7/c1-26(2)21(29)12-27-18(13-28)23(34-14-22(27)30)15-5-8-17(9-6-15)25-24(31)16-7-10-19(32-3)20(11-16)33-4/h5-11,18,23,28H,12-14H2,1-4H3,(H,25,31)/t18-,23-/m1/s1. The number of likely N-dealkylation sites (N-methyl/N-ethyl adjacent to an activating group) is 1. The monoisotopic (exact) mass is 471 g/mol. The van der Waals surface area contributed by atoms with Crippen LogP contribution in [0.2, 0.25) is 0 Å². The number of amides is 3. The first-order chi connectivity index (χ1) is 16.3. The van der Waals surface area contributed by atoms with Crippen LogP contribution < -0.4 is 14.8 Å². The van der Waals surface area contributed by atoms with E-state index in [0.29, 0.717) is 28.3 Å². The van der Waals surface area contributed by atoms with E-state index >= 15 is 0 Å². The Hall–Kier alpha value is -3.63. The molecule has 1 saturated heterocycles. The number of nitrogens with zero attached hydrogens (tertiary/aromatic N) is 2. The summed E-state index contributed by atoms with van der Waals surface area (Å²) in [7, 11) is 6.23. The molecule has 182 valence electrons. The molecule has 1 heterocycles. The van der Waals surface area contributed by atoms with Crippen LogP contribution in [0.3, 0.4) is 0 Å². The number of nitrogens with one attached hydrogen (secondary N) is 1. The van der Waals surface area contributed by atoms with Crippen molar-refractivity contribution < 1.29 is 33.7 Å². The molecule has 0 unspecified atom stereocenters. The molecule has 0 aliphatic carbocycles. The Kier molecular flexibility index (Phi) is 8.08. The first kappa shape index (κ1) is 25.0. The molecule has 34 heavy (non-hydrogen) atoms. The third-order valence-electron chi connectivity index (χ3n) is 5.59. The van der Waals surface area contributed by atoms with Crippen molar-refractivity contribution >= 4 is 23.4 Å². The zero-order valence-electron chi connectivity index (χ0n) is 19.6. The van der Waals surface area contributed by atoms with Crippen molar-refractivity contribution in [2.75, 3.05) is 53.4 Å². The summed E-state index contributed by atoms with van der Waals surface area (Å²) in [4.78, 5) is 39.9. The molecule has 2 N–H and O–H groups in total. The van der Waals surface area contributed by atoms with Crippen molar-refractivity contribution in [1.82, 2.24) is 9.80 Å². The van der Waals surface area contributed by atoms with Gasteiger partial charge in [-0.25, -0.2) is 0 Å². The van der Waals surface area contributed by atoms with Gasteiger partial charge in [-0.05, 0) is 35.9 Å². The van der Waals surface area contributed by atoms with Crippen LogP contribution in [0.5, 0.6) is 11.5 Å². The second-order valence-corrected chi connectivity index (χ2v) is 7.94. The molecule has 0 aromatic heterocycles. The second kappa shape index (κ2) is 11.0. The molecule has 2 atom stereocenters. The lowest BCUT2D eigenvalue weighted by Gasteiger charge is -2.40. The van der Waals surface area contributed by atoms with Gasteiger partial charge in [-0.1, -0.05) is 12.1 Å². The second-order valence-electron chi connectivity index (χ2n) is 7.94. The molecule has 0 saturated carbocycles. The van der Waals surface area contributed by atoms with Crippen molar-refractivity contribution in [3.63, 3.8) is 0 Å². The summed E-state index contributed by atoms with van der Waals surface area (Å²) in [5, 5.41) is 12.8. The van der Waals surface area contributed by atoms with Crippen LogP contribution in [-0.2, 0) is 14.3 Å². The molecule has 2 aromatic rings. The number of aliphatic hydroxyl groups excluding tert-OH is 1. The predicted octanol–water partition coefficient (Wildman–Crippen LogP) is 1.31. The van der Waals surface area contributed by atoms with Gasteiger partial charge in [0.05, 0.1) is 26.9 Å². The quantitative estimate of drug-likeness (QED) is 0.596. The Bertz CT molecular complexity index is 1040. The van der Waals surface area contributed by atoms with Crippen molar-refractivity contribution in [1.29, 1.82) is 0 Å². The van der Waals surface area contributed by atoms with Crippen LogP contribution in [0.25, 0.3) is 0 Å². The van der Waals surface area contributed by atoms with Gasteiger partial charge < -0.3 is 34.4 Å². The zero-order chi connectivity index (χ0) is 24.8. The Morgan fingerprint density at radius 2 is 1.79 bits per heavy atom. The SMILES string of the molecule is COc1ccc(C(=O)Nc2ccc([C@H]3OCC(=O)N(CC(=O)N(C)C)[C@@H]3CO)cc2)cc1OC. The van der Waals surface area contributed by atoms with Gasteiger partial charge in [0.25, 0.3) is 5.91 Å². The number of hydrogen-bond donors (Lipinski definition) is 2. The third-order valence-corrected chi connectivity index (χ3v) is 5.59. The van der Waals surface area contributed by atoms with Gasteiger partial charge in [0.15, 0.2) is 11.5 Å². The van der Waals surface area contributed by atoms with Crippen LogP contribution in [0.15, 0.2) is 42.5 Å². The molecule has 1 aliphatic heterocycles. The summed E-state index contributed by atoms with van der Waals surface area (Å²) in [5.74, 6) is 0.0377. The van der Waals surface area contributed by atoms with Gasteiger partial charge in [0.1, 0.15) is 19.3 Å². The largest absolute Gasteiger partial charge is 0.493 e. The molecule has 0 spiro atoms. The molecular weight excluding hydrogens is 442 g/mol. The molecule has 0 radical (unpaired) electrons. The summed E-state index contributed by atoms with van der Waals surface area (Å²) in [5.41, 5.74) is 1.66. The minimum Gasteiger partial charge on any atom is -0.493 e. The molecule has 2 aromatic carbocycles. The Balaban J connectivity index is 1.73. The topological polar surface area (TPSA) is 118 Å². The lowest BCUT2D eigenvalue weighted by atomic mass is 9.99. The van der Waals surface area contributed by atoms with E-state index < -0.39 is 12.1 Å². The average molecular weight is 472 g/mol. The molecule has 3 rings (SSSR count). The number of rotatable bonds is 8. The van der Waals surface area contributed by atoms with E-state index in [1.807, 2.05) is 0 Å². The highest BCUT2D eigenvalue weighted by atomic mass is 16.5. The maximum Gasteiger partial charge on any atom is 0.255 e. The number of carbonyl (C=O) groups is 3. The Morgan fingerprint density at radius 3 is 2.38 bits per heavy atom. The van der Waals surface area contributed by atoms with E-state index in [-0.39, 0.29) is 37.5 Å². The van der Waals surface area contributed by atoms with E-state index in [2.05, 4.69) is 5.32 Å². The van der Waals surface area contributed by atoms with Crippen molar-refractivity contribution in [2.24, 2.45) is 0 Å². The predicted molar refractivity (Wildman–Crippen MR) is 124 cm³/mol. The van der Waals surface area contributed by atoms with Crippen molar-refractivity contribution in [3.05, 3.63) is 53.6 Å². The number of benzene rings is 2. The number of carbonyl (C=O) groups excluding carboxylic acids is 3. The number of ether oxygens (including phenoxy) is 3. The Morgan fingerprint density at radius 1 is 1.12 bits per heavy atom. The molecular formula is C24H29N3O7. The van der Waals surface area contributed by atoms with Gasteiger partial charge in [-0.3, -0.25) is 14.4 Å². The summed E-state index contributed by atoms with van der Waals surface area (Å²) < 4.78 is 16.1. The highest BCUT2D eigenvalue weighted by Gasteiger charge is 2.38. The number of aliphatic hydroxyl groups is 1. The van der Waals surface area contributed by atoms with E-state index in [0.717, 1.165) is 0 Å². The molecule has 0 bridgehead atoms. The fourth-order valence-corrected chi connectivity index (χ4v) is 3.65.